The maximum atomic E-state index is 11.6. The predicted octanol–water partition coefficient (Wildman–Crippen LogP) is 3.50. The Labute approximate surface area is 194 Å². The van der Waals surface area contributed by atoms with E-state index >= 15 is 0 Å². The normalized spacial score (nSPS) is 52.6. The summed E-state index contributed by atoms with van der Waals surface area (Å²) in [6, 6.07) is 0. The summed E-state index contributed by atoms with van der Waals surface area (Å²) >= 11 is 0. The van der Waals surface area contributed by atoms with Crippen molar-refractivity contribution < 1.29 is 25.5 Å². The van der Waals surface area contributed by atoms with Gasteiger partial charge in [0.25, 0.3) is 0 Å². The van der Waals surface area contributed by atoms with E-state index in [1.54, 1.807) is 0 Å². The Morgan fingerprint density at radius 3 is 2.38 bits per heavy atom. The van der Waals surface area contributed by atoms with E-state index in [0.717, 1.165) is 44.9 Å². The van der Waals surface area contributed by atoms with Crippen LogP contribution in [0.4, 0.5) is 0 Å². The third kappa shape index (κ3) is 3.69. The molecule has 0 heterocycles. The number of aliphatic hydroxyl groups is 5. The molecule has 4 rings (SSSR count). The molecule has 0 aromatic rings. The highest BCUT2D eigenvalue weighted by molar-refractivity contribution is 5.18. The van der Waals surface area contributed by atoms with E-state index in [2.05, 4.69) is 27.7 Å². The third-order valence-electron chi connectivity index (χ3n) is 11.2. The molecule has 0 bridgehead atoms. The summed E-state index contributed by atoms with van der Waals surface area (Å²) in [4.78, 5) is 0. The summed E-state index contributed by atoms with van der Waals surface area (Å²) in [5, 5.41) is 53.7. The Hall–Kier alpha value is -0.200. The van der Waals surface area contributed by atoms with Crippen LogP contribution in [0.5, 0.6) is 0 Å². The second kappa shape index (κ2) is 8.78. The first kappa shape index (κ1) is 24.9. The molecular weight excluding hydrogens is 404 g/mol. The molecule has 5 N–H and O–H groups in total. The van der Waals surface area contributed by atoms with Crippen molar-refractivity contribution >= 4 is 0 Å². The quantitative estimate of drug-likeness (QED) is 0.425. The summed E-state index contributed by atoms with van der Waals surface area (Å²) in [6.45, 7) is 9.24. The van der Waals surface area contributed by atoms with Gasteiger partial charge in [0.15, 0.2) is 0 Å². The van der Waals surface area contributed by atoms with Crippen LogP contribution in [0.15, 0.2) is 0 Å². The van der Waals surface area contributed by atoms with Gasteiger partial charge in [0, 0.05) is 18.4 Å². The van der Waals surface area contributed by atoms with Gasteiger partial charge in [0.1, 0.15) is 0 Å². The number of aliphatic hydroxyl groups excluding tert-OH is 4. The largest absolute Gasteiger partial charge is 0.396 e. The summed E-state index contributed by atoms with van der Waals surface area (Å²) in [5.74, 6) is 2.06. The van der Waals surface area contributed by atoms with Crippen molar-refractivity contribution in [2.24, 2.45) is 46.3 Å². The lowest BCUT2D eigenvalue weighted by molar-refractivity contribution is -0.268. The maximum Gasteiger partial charge on any atom is 0.0985 e. The van der Waals surface area contributed by atoms with Crippen LogP contribution in [0, 0.1) is 46.3 Å². The molecule has 4 aliphatic rings. The molecule has 4 fully saturated rings. The molecule has 32 heavy (non-hydrogen) atoms. The Balaban J connectivity index is 1.54. The van der Waals surface area contributed by atoms with Gasteiger partial charge >= 0.3 is 0 Å². The van der Waals surface area contributed by atoms with Crippen LogP contribution >= 0.6 is 0 Å². The molecule has 0 saturated heterocycles. The zero-order valence-electron chi connectivity index (χ0n) is 20.7. The van der Waals surface area contributed by atoms with Crippen LogP contribution in [0.1, 0.15) is 91.9 Å². The van der Waals surface area contributed by atoms with Crippen LogP contribution in [0.2, 0.25) is 0 Å². The fourth-order valence-electron chi connectivity index (χ4n) is 9.34. The highest BCUT2D eigenvalue weighted by atomic mass is 16.3. The van der Waals surface area contributed by atoms with Gasteiger partial charge < -0.3 is 25.5 Å². The molecule has 0 amide bonds. The first-order chi connectivity index (χ1) is 15.0. The molecular formula is C27H48O5. The Bertz CT molecular complexity index is 670. The standard InChI is InChI=1S/C27H48O5/c1-16(15-28)6-5-7-17(2)21-13-22(30)24-19-12-23(31)27(32)14-18(29)8-11-26(27,4)20(19)9-10-25(21,24)3/h16-24,28-32H,5-15H2,1-4H3/t16-,17-,18+,19?,20?,21-,22+,23-,24?,25-,26-,27+/m1/s1. The van der Waals surface area contributed by atoms with E-state index < -0.39 is 23.2 Å². The molecule has 0 spiro atoms. The summed E-state index contributed by atoms with van der Waals surface area (Å²) in [5.41, 5.74) is -1.55. The summed E-state index contributed by atoms with van der Waals surface area (Å²) in [7, 11) is 0. The van der Waals surface area contributed by atoms with Crippen molar-refractivity contribution in [3.63, 3.8) is 0 Å². The fraction of sp³-hybridized carbons (Fsp3) is 1.00. The van der Waals surface area contributed by atoms with Gasteiger partial charge in [-0.1, -0.05) is 40.5 Å². The first-order valence-corrected chi connectivity index (χ1v) is 13.4. The third-order valence-corrected chi connectivity index (χ3v) is 11.2. The van der Waals surface area contributed by atoms with Crippen LogP contribution in [-0.2, 0) is 0 Å². The molecule has 4 aliphatic carbocycles. The number of fused-ring (bicyclic) bond motifs is 5. The van der Waals surface area contributed by atoms with E-state index in [9.17, 15) is 25.5 Å². The number of hydrogen-bond acceptors (Lipinski definition) is 5. The molecule has 5 nitrogen and oxygen atoms in total. The predicted molar refractivity (Wildman–Crippen MR) is 125 cm³/mol. The molecule has 186 valence electrons. The second-order valence-corrected chi connectivity index (χ2v) is 12.9. The SMILES string of the molecule is C[C@@H](CO)CCC[C@@H](C)[C@H]1C[C@H](O)C2C3C[C@@H](O)[C@@]4(O)C[C@@H](O)CC[C@]4(C)C3CC[C@@]21C. The molecule has 0 aliphatic heterocycles. The van der Waals surface area contributed by atoms with E-state index in [4.69, 9.17) is 0 Å². The van der Waals surface area contributed by atoms with Crippen molar-refractivity contribution in [1.82, 2.24) is 0 Å². The smallest absolute Gasteiger partial charge is 0.0985 e. The van der Waals surface area contributed by atoms with E-state index in [1.807, 2.05) is 0 Å². The molecule has 4 saturated carbocycles. The molecule has 12 atom stereocenters. The van der Waals surface area contributed by atoms with Crippen LogP contribution in [-0.4, -0.2) is 56.1 Å². The average molecular weight is 453 g/mol. The lowest BCUT2D eigenvalue weighted by Crippen LogP contribution is -2.69. The zero-order valence-corrected chi connectivity index (χ0v) is 20.7. The summed E-state index contributed by atoms with van der Waals surface area (Å²) in [6.07, 6.45) is 6.78. The monoisotopic (exact) mass is 452 g/mol. The van der Waals surface area contributed by atoms with Gasteiger partial charge in [-0.2, -0.15) is 0 Å². The first-order valence-electron chi connectivity index (χ1n) is 13.4. The number of hydrogen-bond donors (Lipinski definition) is 5. The van der Waals surface area contributed by atoms with Crippen LogP contribution in [0.3, 0.4) is 0 Å². The maximum absolute atomic E-state index is 11.6. The van der Waals surface area contributed by atoms with Crippen molar-refractivity contribution in [3.8, 4) is 0 Å². The van der Waals surface area contributed by atoms with E-state index in [1.165, 1.54) is 0 Å². The summed E-state index contributed by atoms with van der Waals surface area (Å²) < 4.78 is 0. The minimum absolute atomic E-state index is 0.0717. The average Bonchev–Trinajstić information content (AvgIpc) is 3.01. The van der Waals surface area contributed by atoms with Gasteiger partial charge in [-0.25, -0.2) is 0 Å². The minimum Gasteiger partial charge on any atom is -0.396 e. The van der Waals surface area contributed by atoms with Crippen LogP contribution in [0.25, 0.3) is 0 Å². The second-order valence-electron chi connectivity index (χ2n) is 12.9. The molecule has 0 radical (unpaired) electrons. The van der Waals surface area contributed by atoms with Gasteiger partial charge in [0.2, 0.25) is 0 Å². The van der Waals surface area contributed by atoms with Gasteiger partial charge in [0.05, 0.1) is 23.9 Å². The van der Waals surface area contributed by atoms with Crippen LogP contribution < -0.4 is 0 Å². The van der Waals surface area contributed by atoms with E-state index in [0.29, 0.717) is 30.6 Å². The molecule has 0 aromatic carbocycles. The minimum atomic E-state index is -1.22. The molecule has 3 unspecified atom stereocenters. The highest BCUT2D eigenvalue weighted by Crippen LogP contribution is 2.69. The van der Waals surface area contributed by atoms with Crippen molar-refractivity contribution in [1.29, 1.82) is 0 Å². The van der Waals surface area contributed by atoms with Gasteiger partial charge in [-0.15, -0.1) is 0 Å². The Kier molecular flexibility index (Phi) is 6.84. The zero-order chi connectivity index (χ0) is 23.5. The lowest BCUT2D eigenvalue weighted by atomic mass is 9.42. The van der Waals surface area contributed by atoms with Crippen molar-refractivity contribution in [2.45, 2.75) is 116 Å². The number of rotatable bonds is 6. The Morgan fingerprint density at radius 2 is 1.69 bits per heavy atom. The molecule has 0 aromatic heterocycles. The molecule has 5 heteroatoms. The van der Waals surface area contributed by atoms with Crippen molar-refractivity contribution in [2.75, 3.05) is 6.61 Å². The Morgan fingerprint density at radius 1 is 0.969 bits per heavy atom. The van der Waals surface area contributed by atoms with Crippen molar-refractivity contribution in [3.05, 3.63) is 0 Å². The fourth-order valence-corrected chi connectivity index (χ4v) is 9.34. The highest BCUT2D eigenvalue weighted by Gasteiger charge is 2.68. The lowest BCUT2D eigenvalue weighted by Gasteiger charge is -2.65. The van der Waals surface area contributed by atoms with Gasteiger partial charge in [-0.3, -0.25) is 0 Å². The van der Waals surface area contributed by atoms with E-state index in [-0.39, 0.29) is 42.3 Å². The topological polar surface area (TPSA) is 101 Å². The van der Waals surface area contributed by atoms with Gasteiger partial charge in [-0.05, 0) is 85.9 Å².